The van der Waals surface area contributed by atoms with Crippen LogP contribution in [0.15, 0.2) is 66.9 Å². The Morgan fingerprint density at radius 1 is 1.06 bits per heavy atom. The summed E-state index contributed by atoms with van der Waals surface area (Å²) in [5.74, 6) is 1.38. The van der Waals surface area contributed by atoms with Crippen LogP contribution in [0.1, 0.15) is 42.3 Å². The quantitative estimate of drug-likeness (QED) is 0.377. The second-order valence-electron chi connectivity index (χ2n) is 9.24. The third-order valence-electron chi connectivity index (χ3n) is 5.41. The maximum atomic E-state index is 13.2. The summed E-state index contributed by atoms with van der Waals surface area (Å²) in [5, 5.41) is 6.58. The Morgan fingerprint density at radius 2 is 1.82 bits per heavy atom. The molecule has 2 heterocycles. The average molecular weight is 458 g/mol. The Hall–Kier alpha value is -3.84. The number of nitrogens with one attached hydrogen (secondary N) is 2. The van der Waals surface area contributed by atoms with Crippen molar-refractivity contribution in [3.05, 3.63) is 83.6 Å². The third kappa shape index (κ3) is 5.05. The molecule has 0 aliphatic heterocycles. The number of hydrogen-bond acceptors (Lipinski definition) is 5. The lowest BCUT2D eigenvalue weighted by Gasteiger charge is -2.22. The number of carbonyl (C=O) groups excluding carboxylic acids is 1. The molecule has 7 heteroatoms. The number of rotatable bonds is 7. The van der Waals surface area contributed by atoms with Crippen molar-refractivity contribution in [2.75, 3.05) is 12.4 Å². The lowest BCUT2D eigenvalue weighted by atomic mass is 10.1. The van der Waals surface area contributed by atoms with Gasteiger partial charge in [-0.1, -0.05) is 36.4 Å². The summed E-state index contributed by atoms with van der Waals surface area (Å²) in [5.41, 5.74) is 10.3. The summed E-state index contributed by atoms with van der Waals surface area (Å²) in [7, 11) is 1.64. The van der Waals surface area contributed by atoms with E-state index in [1.807, 2.05) is 65.2 Å². The molecule has 0 spiro atoms. The van der Waals surface area contributed by atoms with Crippen LogP contribution in [0.2, 0.25) is 0 Å². The van der Waals surface area contributed by atoms with Crippen LogP contribution in [0, 0.1) is 0 Å². The molecule has 1 amide bonds. The van der Waals surface area contributed by atoms with E-state index >= 15 is 0 Å². The van der Waals surface area contributed by atoms with Crippen molar-refractivity contribution in [2.24, 2.45) is 5.73 Å². The Bertz CT molecular complexity index is 1320. The maximum Gasteiger partial charge on any atom is 0.255 e. The van der Waals surface area contributed by atoms with Crippen molar-refractivity contribution in [1.82, 2.24) is 14.7 Å². The van der Waals surface area contributed by atoms with E-state index in [2.05, 4.69) is 31.4 Å². The van der Waals surface area contributed by atoms with Crippen molar-refractivity contribution >= 4 is 17.4 Å². The molecule has 4 N–H and O–H groups in total. The Balaban J connectivity index is 1.74. The molecule has 0 unspecified atom stereocenters. The van der Waals surface area contributed by atoms with Crippen LogP contribution in [0.25, 0.3) is 16.9 Å². The molecule has 4 aromatic rings. The molecule has 0 radical (unpaired) electrons. The zero-order valence-electron chi connectivity index (χ0n) is 20.1. The number of fused-ring (bicyclic) bond motifs is 1. The SMILES string of the molecule is COc1cccc(-c2nc3c(C(=O)NCc4cccc(CN)c4)cccn3c2NC(C)(C)C)c1. The fourth-order valence-electron chi connectivity index (χ4n) is 3.84. The number of aromatic nitrogens is 2. The number of nitrogens with zero attached hydrogens (tertiary/aromatic N) is 2. The number of imidazole rings is 1. The van der Waals surface area contributed by atoms with E-state index in [0.717, 1.165) is 34.0 Å². The molecule has 0 saturated heterocycles. The molecule has 0 saturated carbocycles. The zero-order valence-corrected chi connectivity index (χ0v) is 20.1. The first-order chi connectivity index (χ1) is 16.3. The first-order valence-corrected chi connectivity index (χ1v) is 11.3. The average Bonchev–Trinajstić information content (AvgIpc) is 3.19. The van der Waals surface area contributed by atoms with Crippen LogP contribution < -0.4 is 21.1 Å². The van der Waals surface area contributed by atoms with Gasteiger partial charge < -0.3 is 21.1 Å². The number of benzene rings is 2. The number of hydrogen-bond donors (Lipinski definition) is 3. The van der Waals surface area contributed by atoms with Gasteiger partial charge in [0.2, 0.25) is 0 Å². The van der Waals surface area contributed by atoms with Gasteiger partial charge in [0.1, 0.15) is 17.3 Å². The van der Waals surface area contributed by atoms with Gasteiger partial charge in [-0.2, -0.15) is 0 Å². The molecule has 7 nitrogen and oxygen atoms in total. The highest BCUT2D eigenvalue weighted by Crippen LogP contribution is 2.33. The number of nitrogens with two attached hydrogens (primary N) is 1. The highest BCUT2D eigenvalue weighted by molar-refractivity contribution is 6.01. The molecule has 0 fully saturated rings. The molecule has 4 rings (SSSR count). The number of carbonyl (C=O) groups is 1. The molecule has 0 bridgehead atoms. The van der Waals surface area contributed by atoms with Crippen molar-refractivity contribution in [3.8, 4) is 17.0 Å². The summed E-state index contributed by atoms with van der Waals surface area (Å²) < 4.78 is 7.35. The standard InChI is InChI=1S/C27H31N5O2/c1-27(2,3)31-25-23(20-10-6-11-21(15-20)34-4)30-24-22(12-7-13-32(24)25)26(33)29-17-19-9-5-8-18(14-19)16-28/h5-15,31H,16-17,28H2,1-4H3,(H,29,33). The number of anilines is 1. The monoisotopic (exact) mass is 457 g/mol. The summed E-state index contributed by atoms with van der Waals surface area (Å²) in [6.07, 6.45) is 1.92. The van der Waals surface area contributed by atoms with Crippen LogP contribution in [0.5, 0.6) is 5.75 Å². The van der Waals surface area contributed by atoms with E-state index in [-0.39, 0.29) is 11.4 Å². The normalized spacial score (nSPS) is 11.4. The summed E-state index contributed by atoms with van der Waals surface area (Å²) in [4.78, 5) is 18.1. The Labute approximate surface area is 200 Å². The Morgan fingerprint density at radius 3 is 2.56 bits per heavy atom. The molecule has 0 aliphatic carbocycles. The maximum absolute atomic E-state index is 13.2. The third-order valence-corrected chi connectivity index (χ3v) is 5.41. The zero-order chi connectivity index (χ0) is 24.3. The summed E-state index contributed by atoms with van der Waals surface area (Å²) in [6, 6.07) is 19.3. The van der Waals surface area contributed by atoms with E-state index in [0.29, 0.717) is 24.3 Å². The van der Waals surface area contributed by atoms with Gasteiger partial charge in [-0.05, 0) is 56.2 Å². The van der Waals surface area contributed by atoms with Gasteiger partial charge >= 0.3 is 0 Å². The van der Waals surface area contributed by atoms with Gasteiger partial charge in [0.05, 0.1) is 12.7 Å². The minimum absolute atomic E-state index is 0.187. The van der Waals surface area contributed by atoms with Crippen LogP contribution in [-0.2, 0) is 13.1 Å². The number of ether oxygens (including phenoxy) is 1. The summed E-state index contributed by atoms with van der Waals surface area (Å²) >= 11 is 0. The van der Waals surface area contributed by atoms with Gasteiger partial charge in [0.25, 0.3) is 5.91 Å². The van der Waals surface area contributed by atoms with Crippen LogP contribution in [0.3, 0.4) is 0 Å². The molecule has 2 aromatic carbocycles. The molecule has 0 aliphatic rings. The molecule has 0 atom stereocenters. The molecule has 176 valence electrons. The lowest BCUT2D eigenvalue weighted by molar-refractivity contribution is 0.0952. The van der Waals surface area contributed by atoms with E-state index in [4.69, 9.17) is 15.5 Å². The largest absolute Gasteiger partial charge is 0.497 e. The second kappa shape index (κ2) is 9.57. The first-order valence-electron chi connectivity index (χ1n) is 11.3. The van der Waals surface area contributed by atoms with Crippen molar-refractivity contribution in [3.63, 3.8) is 0 Å². The fraction of sp³-hybridized carbons (Fsp3) is 0.259. The van der Waals surface area contributed by atoms with E-state index < -0.39 is 0 Å². The van der Waals surface area contributed by atoms with Gasteiger partial charge in [0.15, 0.2) is 5.65 Å². The Kier molecular flexibility index (Phi) is 6.56. The molecular formula is C27H31N5O2. The van der Waals surface area contributed by atoms with Gasteiger partial charge in [-0.25, -0.2) is 4.98 Å². The molecular weight excluding hydrogens is 426 g/mol. The van der Waals surface area contributed by atoms with Crippen molar-refractivity contribution in [2.45, 2.75) is 39.4 Å². The molecule has 2 aromatic heterocycles. The topological polar surface area (TPSA) is 93.7 Å². The second-order valence-corrected chi connectivity index (χ2v) is 9.24. The van der Waals surface area contributed by atoms with Gasteiger partial charge in [-0.3, -0.25) is 9.20 Å². The van der Waals surface area contributed by atoms with Gasteiger partial charge in [-0.15, -0.1) is 0 Å². The van der Waals surface area contributed by atoms with Crippen molar-refractivity contribution in [1.29, 1.82) is 0 Å². The smallest absolute Gasteiger partial charge is 0.255 e. The predicted octanol–water partition coefficient (Wildman–Crippen LogP) is 4.61. The number of methoxy groups -OCH3 is 1. The predicted molar refractivity (Wildman–Crippen MR) is 136 cm³/mol. The van der Waals surface area contributed by atoms with E-state index in [1.54, 1.807) is 13.2 Å². The van der Waals surface area contributed by atoms with E-state index in [1.165, 1.54) is 0 Å². The highest BCUT2D eigenvalue weighted by atomic mass is 16.5. The van der Waals surface area contributed by atoms with Crippen LogP contribution in [0.4, 0.5) is 5.82 Å². The van der Waals surface area contributed by atoms with Crippen LogP contribution in [-0.4, -0.2) is 27.9 Å². The minimum atomic E-state index is -0.212. The summed E-state index contributed by atoms with van der Waals surface area (Å²) in [6.45, 7) is 7.14. The van der Waals surface area contributed by atoms with E-state index in [9.17, 15) is 4.79 Å². The first kappa shape index (κ1) is 23.3. The number of amides is 1. The highest BCUT2D eigenvalue weighted by Gasteiger charge is 2.22. The van der Waals surface area contributed by atoms with Crippen LogP contribution >= 0.6 is 0 Å². The molecule has 34 heavy (non-hydrogen) atoms. The van der Waals surface area contributed by atoms with Crippen molar-refractivity contribution < 1.29 is 9.53 Å². The fourth-order valence-corrected chi connectivity index (χ4v) is 3.84. The lowest BCUT2D eigenvalue weighted by Crippen LogP contribution is -2.27. The minimum Gasteiger partial charge on any atom is -0.497 e. The number of pyridine rings is 1. The van der Waals surface area contributed by atoms with Gasteiger partial charge in [0, 0.05) is 30.4 Å².